The van der Waals surface area contributed by atoms with E-state index in [0.29, 0.717) is 27.3 Å². The summed E-state index contributed by atoms with van der Waals surface area (Å²) in [5.41, 5.74) is 2.59. The van der Waals surface area contributed by atoms with Crippen molar-refractivity contribution < 1.29 is 9.53 Å². The number of halogens is 2. The molecular weight excluding hydrogens is 357 g/mol. The second kappa shape index (κ2) is 8.93. The number of amides is 1. The molecule has 0 aliphatic heterocycles. The van der Waals surface area contributed by atoms with Crippen LogP contribution in [0.1, 0.15) is 37.3 Å². The molecule has 2 rings (SSSR count). The molecule has 3 nitrogen and oxygen atoms in total. The van der Waals surface area contributed by atoms with Gasteiger partial charge in [-0.25, -0.2) is 0 Å². The number of benzene rings is 2. The lowest BCUT2D eigenvalue weighted by Crippen LogP contribution is -2.10. The van der Waals surface area contributed by atoms with Crippen LogP contribution in [0.3, 0.4) is 0 Å². The number of ether oxygens (including phenoxy) is 1. The first-order valence-corrected chi connectivity index (χ1v) is 8.82. The SMILES string of the molecule is CCC(C)c1ccccc1NC(=O)/C=C/c1cc(Cl)cc(Cl)c1OC. The van der Waals surface area contributed by atoms with Crippen LogP contribution in [0.25, 0.3) is 6.08 Å². The third kappa shape index (κ3) is 5.00. The predicted octanol–water partition coefficient (Wildman–Crippen LogP) is 6.17. The first-order valence-electron chi connectivity index (χ1n) is 8.07. The third-order valence-electron chi connectivity index (χ3n) is 4.02. The van der Waals surface area contributed by atoms with Gasteiger partial charge in [0.15, 0.2) is 0 Å². The summed E-state index contributed by atoms with van der Waals surface area (Å²) in [7, 11) is 1.52. The molecule has 1 unspecified atom stereocenters. The van der Waals surface area contributed by atoms with Gasteiger partial charge in [-0.15, -0.1) is 0 Å². The number of hydrogen-bond acceptors (Lipinski definition) is 2. The summed E-state index contributed by atoms with van der Waals surface area (Å²) in [6.07, 6.45) is 4.08. The van der Waals surface area contributed by atoms with Crippen molar-refractivity contribution in [1.82, 2.24) is 0 Å². The largest absolute Gasteiger partial charge is 0.495 e. The summed E-state index contributed by atoms with van der Waals surface area (Å²) in [5.74, 6) is 0.622. The fourth-order valence-corrected chi connectivity index (χ4v) is 3.11. The molecule has 0 aliphatic rings. The first-order chi connectivity index (χ1) is 12.0. The minimum atomic E-state index is -0.228. The van der Waals surface area contributed by atoms with Crippen LogP contribution in [0.5, 0.6) is 5.75 Å². The van der Waals surface area contributed by atoms with Crippen LogP contribution in [0.15, 0.2) is 42.5 Å². The maximum atomic E-state index is 12.3. The zero-order valence-corrected chi connectivity index (χ0v) is 16.0. The third-order valence-corrected chi connectivity index (χ3v) is 4.52. The molecule has 0 aromatic heterocycles. The Morgan fingerprint density at radius 2 is 2.00 bits per heavy atom. The average molecular weight is 378 g/mol. The van der Waals surface area contributed by atoms with E-state index < -0.39 is 0 Å². The van der Waals surface area contributed by atoms with Crippen LogP contribution >= 0.6 is 23.2 Å². The van der Waals surface area contributed by atoms with Gasteiger partial charge in [-0.1, -0.05) is 55.2 Å². The standard InChI is InChI=1S/C20H21Cl2NO2/c1-4-13(2)16-7-5-6-8-18(16)23-19(24)10-9-14-11-15(21)12-17(22)20(14)25-3/h5-13H,4H2,1-3H3,(H,23,24)/b10-9+. The van der Waals surface area contributed by atoms with E-state index in [9.17, 15) is 4.79 Å². The van der Waals surface area contributed by atoms with E-state index in [1.54, 1.807) is 18.2 Å². The van der Waals surface area contributed by atoms with Gasteiger partial charge in [-0.05, 0) is 42.2 Å². The van der Waals surface area contributed by atoms with Crippen LogP contribution in [0, 0.1) is 0 Å². The van der Waals surface area contributed by atoms with Crippen LogP contribution in [-0.2, 0) is 4.79 Å². The molecule has 0 radical (unpaired) electrons. The highest BCUT2D eigenvalue weighted by Crippen LogP contribution is 2.33. The van der Waals surface area contributed by atoms with Gasteiger partial charge in [0, 0.05) is 22.3 Å². The fourth-order valence-electron chi connectivity index (χ4n) is 2.52. The maximum absolute atomic E-state index is 12.3. The van der Waals surface area contributed by atoms with Gasteiger partial charge in [0.2, 0.25) is 5.91 Å². The summed E-state index contributed by atoms with van der Waals surface area (Å²) in [4.78, 5) is 12.3. The number of methoxy groups -OCH3 is 1. The van der Waals surface area contributed by atoms with Crippen molar-refractivity contribution in [3.63, 3.8) is 0 Å². The summed E-state index contributed by atoms with van der Waals surface area (Å²) >= 11 is 12.1. The lowest BCUT2D eigenvalue weighted by Gasteiger charge is -2.14. The Balaban J connectivity index is 2.20. The molecule has 0 spiro atoms. The molecule has 5 heteroatoms. The molecule has 2 aromatic rings. The monoisotopic (exact) mass is 377 g/mol. The number of anilines is 1. The number of carbonyl (C=O) groups is 1. The Kier molecular flexibility index (Phi) is 6.91. The zero-order valence-electron chi connectivity index (χ0n) is 14.5. The molecule has 0 bridgehead atoms. The Morgan fingerprint density at radius 3 is 2.68 bits per heavy atom. The number of carbonyl (C=O) groups excluding carboxylic acids is 1. The molecule has 0 saturated carbocycles. The van der Waals surface area contributed by atoms with Gasteiger partial charge >= 0.3 is 0 Å². The van der Waals surface area contributed by atoms with Gasteiger partial charge in [-0.2, -0.15) is 0 Å². The van der Waals surface area contributed by atoms with E-state index in [0.717, 1.165) is 17.7 Å². The average Bonchev–Trinajstić information content (AvgIpc) is 2.59. The topological polar surface area (TPSA) is 38.3 Å². The molecule has 1 atom stereocenters. The molecule has 2 aromatic carbocycles. The van der Waals surface area contributed by atoms with Crippen molar-refractivity contribution in [2.24, 2.45) is 0 Å². The minimum Gasteiger partial charge on any atom is -0.495 e. The van der Waals surface area contributed by atoms with Crippen molar-refractivity contribution in [2.45, 2.75) is 26.2 Å². The van der Waals surface area contributed by atoms with Crippen LogP contribution in [0.4, 0.5) is 5.69 Å². The van der Waals surface area contributed by atoms with Crippen molar-refractivity contribution in [3.05, 3.63) is 63.6 Å². The Bertz CT molecular complexity index is 787. The van der Waals surface area contributed by atoms with E-state index in [-0.39, 0.29) is 5.91 Å². The molecule has 0 saturated heterocycles. The number of nitrogens with one attached hydrogen (secondary N) is 1. The molecule has 0 fully saturated rings. The molecule has 0 heterocycles. The number of rotatable bonds is 6. The van der Waals surface area contributed by atoms with Gasteiger partial charge in [-0.3, -0.25) is 4.79 Å². The summed E-state index contributed by atoms with van der Waals surface area (Å²) in [6.45, 7) is 4.26. The molecule has 25 heavy (non-hydrogen) atoms. The smallest absolute Gasteiger partial charge is 0.248 e. The summed E-state index contributed by atoms with van der Waals surface area (Å²) in [6, 6.07) is 11.1. The van der Waals surface area contributed by atoms with Crippen LogP contribution < -0.4 is 10.1 Å². The zero-order chi connectivity index (χ0) is 18.4. The minimum absolute atomic E-state index is 0.228. The van der Waals surface area contributed by atoms with E-state index in [4.69, 9.17) is 27.9 Å². The Morgan fingerprint density at radius 1 is 1.28 bits per heavy atom. The predicted molar refractivity (Wildman–Crippen MR) is 106 cm³/mol. The van der Waals surface area contributed by atoms with Crippen LogP contribution in [0.2, 0.25) is 10.0 Å². The maximum Gasteiger partial charge on any atom is 0.248 e. The Labute approximate surface area is 158 Å². The van der Waals surface area contributed by atoms with Crippen molar-refractivity contribution in [1.29, 1.82) is 0 Å². The number of hydrogen-bond donors (Lipinski definition) is 1. The van der Waals surface area contributed by atoms with Gasteiger partial charge in [0.05, 0.1) is 12.1 Å². The van der Waals surface area contributed by atoms with Gasteiger partial charge < -0.3 is 10.1 Å². The lowest BCUT2D eigenvalue weighted by atomic mass is 9.97. The fraction of sp³-hybridized carbons (Fsp3) is 0.250. The van der Waals surface area contributed by atoms with E-state index in [2.05, 4.69) is 19.2 Å². The molecular formula is C20H21Cl2NO2. The molecule has 132 valence electrons. The highest BCUT2D eigenvalue weighted by molar-refractivity contribution is 6.36. The van der Waals surface area contributed by atoms with Gasteiger partial charge in [0.1, 0.15) is 5.75 Å². The summed E-state index contributed by atoms with van der Waals surface area (Å²) in [5, 5.41) is 3.81. The molecule has 1 N–H and O–H groups in total. The lowest BCUT2D eigenvalue weighted by molar-refractivity contribution is -0.111. The van der Waals surface area contributed by atoms with Crippen molar-refractivity contribution >= 4 is 40.9 Å². The second-order valence-electron chi connectivity index (χ2n) is 5.73. The van der Waals surface area contributed by atoms with E-state index in [1.807, 2.05) is 24.3 Å². The molecule has 1 amide bonds. The van der Waals surface area contributed by atoms with E-state index in [1.165, 1.54) is 13.2 Å². The van der Waals surface area contributed by atoms with Crippen molar-refractivity contribution in [3.8, 4) is 5.75 Å². The highest BCUT2D eigenvalue weighted by Gasteiger charge is 2.11. The second-order valence-corrected chi connectivity index (χ2v) is 6.57. The first kappa shape index (κ1) is 19.4. The molecule has 0 aliphatic carbocycles. The number of para-hydroxylation sites is 1. The van der Waals surface area contributed by atoms with Crippen LogP contribution in [-0.4, -0.2) is 13.0 Å². The van der Waals surface area contributed by atoms with E-state index >= 15 is 0 Å². The highest BCUT2D eigenvalue weighted by atomic mass is 35.5. The van der Waals surface area contributed by atoms with Crippen molar-refractivity contribution in [2.75, 3.05) is 12.4 Å². The summed E-state index contributed by atoms with van der Waals surface area (Å²) < 4.78 is 5.27. The Hall–Kier alpha value is -1.97. The normalized spacial score (nSPS) is 12.2. The quantitative estimate of drug-likeness (QED) is 0.611. The van der Waals surface area contributed by atoms with Gasteiger partial charge in [0.25, 0.3) is 0 Å².